The van der Waals surface area contributed by atoms with Crippen LogP contribution in [0.25, 0.3) is 0 Å². The first kappa shape index (κ1) is 15.6. The number of nitrogens with zero attached hydrogens (tertiary/aromatic N) is 1. The van der Waals surface area contributed by atoms with Gasteiger partial charge in [-0.1, -0.05) is 41.9 Å². The number of hydrogen-bond acceptors (Lipinski definition) is 4. The van der Waals surface area contributed by atoms with Gasteiger partial charge in [-0.3, -0.25) is 5.32 Å². The predicted molar refractivity (Wildman–Crippen MR) is 85.9 cm³/mol. The number of carbonyl (C=O) groups excluding carboxylic acids is 1. The summed E-state index contributed by atoms with van der Waals surface area (Å²) in [4.78, 5) is 12.3. The van der Waals surface area contributed by atoms with Gasteiger partial charge in [0.2, 0.25) is 0 Å². The Kier molecular flexibility index (Phi) is 4.34. The van der Waals surface area contributed by atoms with Gasteiger partial charge in [-0.2, -0.15) is 0 Å². The van der Waals surface area contributed by atoms with Gasteiger partial charge in [-0.15, -0.1) is 0 Å². The number of hydrogen-bond donors (Lipinski definition) is 3. The van der Waals surface area contributed by atoms with Crippen molar-refractivity contribution in [1.82, 2.24) is 10.5 Å². The third kappa shape index (κ3) is 3.22. The molecular formula is C17H21N3O3. The minimum atomic E-state index is -0.355. The number of aromatic nitrogens is 1. The molecule has 0 aliphatic heterocycles. The number of amides is 2. The normalized spacial score (nSPS) is 17.1. The van der Waals surface area contributed by atoms with Crippen molar-refractivity contribution in [2.45, 2.75) is 32.2 Å². The Morgan fingerprint density at radius 1 is 1.39 bits per heavy atom. The number of anilines is 1. The maximum Gasteiger partial charge on any atom is 0.320 e. The van der Waals surface area contributed by atoms with Crippen LogP contribution in [0, 0.1) is 12.3 Å². The summed E-state index contributed by atoms with van der Waals surface area (Å²) in [5.41, 5.74) is 0.700. The summed E-state index contributed by atoms with van der Waals surface area (Å²) in [6, 6.07) is 10.8. The molecule has 1 unspecified atom stereocenters. The molecular weight excluding hydrogens is 294 g/mol. The first-order chi connectivity index (χ1) is 11.1. The van der Waals surface area contributed by atoms with Crippen LogP contribution in [-0.4, -0.2) is 22.9 Å². The molecule has 1 heterocycles. The van der Waals surface area contributed by atoms with Crippen molar-refractivity contribution in [1.29, 1.82) is 0 Å². The van der Waals surface area contributed by atoms with Crippen molar-refractivity contribution in [3.63, 3.8) is 0 Å². The van der Waals surface area contributed by atoms with Crippen molar-refractivity contribution in [3.05, 3.63) is 47.7 Å². The van der Waals surface area contributed by atoms with Gasteiger partial charge in [0.05, 0.1) is 12.6 Å². The van der Waals surface area contributed by atoms with E-state index in [0.29, 0.717) is 11.6 Å². The van der Waals surface area contributed by atoms with Crippen LogP contribution in [0.15, 0.2) is 40.9 Å². The van der Waals surface area contributed by atoms with E-state index in [2.05, 4.69) is 15.8 Å². The average Bonchev–Trinajstić information content (AvgIpc) is 2.91. The molecule has 1 aliphatic carbocycles. The summed E-state index contributed by atoms with van der Waals surface area (Å²) in [6.45, 7) is 1.81. The van der Waals surface area contributed by atoms with Crippen molar-refractivity contribution < 1.29 is 14.4 Å². The number of benzene rings is 1. The van der Waals surface area contributed by atoms with Crippen LogP contribution in [-0.2, 0) is 0 Å². The van der Waals surface area contributed by atoms with E-state index < -0.39 is 0 Å². The summed E-state index contributed by atoms with van der Waals surface area (Å²) >= 11 is 0. The highest BCUT2D eigenvalue weighted by atomic mass is 16.5. The zero-order chi connectivity index (χ0) is 16.3. The highest BCUT2D eigenvalue weighted by Crippen LogP contribution is 2.49. The van der Waals surface area contributed by atoms with Crippen LogP contribution >= 0.6 is 0 Å². The van der Waals surface area contributed by atoms with Gasteiger partial charge in [0, 0.05) is 11.5 Å². The zero-order valence-corrected chi connectivity index (χ0v) is 13.1. The molecule has 23 heavy (non-hydrogen) atoms. The Bertz CT molecular complexity index is 659. The summed E-state index contributed by atoms with van der Waals surface area (Å²) < 4.78 is 4.94. The Morgan fingerprint density at radius 3 is 2.65 bits per heavy atom. The second-order valence-electron chi connectivity index (χ2n) is 6.14. The number of aliphatic hydroxyl groups excluding tert-OH is 1. The zero-order valence-electron chi connectivity index (χ0n) is 13.1. The fourth-order valence-corrected chi connectivity index (χ4v) is 3.11. The number of nitrogens with one attached hydrogen (secondary N) is 2. The number of aliphatic hydroxyl groups is 1. The van der Waals surface area contributed by atoms with E-state index in [-0.39, 0.29) is 24.1 Å². The largest absolute Gasteiger partial charge is 0.396 e. The van der Waals surface area contributed by atoms with Crippen LogP contribution in [0.2, 0.25) is 0 Å². The topological polar surface area (TPSA) is 87.4 Å². The second-order valence-corrected chi connectivity index (χ2v) is 6.14. The molecule has 0 spiro atoms. The van der Waals surface area contributed by atoms with Gasteiger partial charge >= 0.3 is 6.03 Å². The van der Waals surface area contributed by atoms with E-state index in [4.69, 9.17) is 4.52 Å². The van der Waals surface area contributed by atoms with Gasteiger partial charge in [0.1, 0.15) is 5.76 Å². The first-order valence-corrected chi connectivity index (χ1v) is 7.80. The molecule has 1 atom stereocenters. The third-order valence-corrected chi connectivity index (χ3v) is 4.55. The summed E-state index contributed by atoms with van der Waals surface area (Å²) in [5.74, 6) is 1.00. The molecule has 3 rings (SSSR count). The van der Waals surface area contributed by atoms with Gasteiger partial charge in [-0.25, -0.2) is 4.79 Å². The molecule has 122 valence electrons. The quantitative estimate of drug-likeness (QED) is 0.791. The maximum absolute atomic E-state index is 12.3. The monoisotopic (exact) mass is 315 g/mol. The fraction of sp³-hybridized carbons (Fsp3) is 0.412. The summed E-state index contributed by atoms with van der Waals surface area (Å²) in [5, 5.41) is 19.3. The molecule has 1 aliphatic rings. The van der Waals surface area contributed by atoms with Gasteiger partial charge in [0.15, 0.2) is 5.82 Å². The van der Waals surface area contributed by atoms with E-state index in [9.17, 15) is 9.90 Å². The Morgan fingerprint density at radius 2 is 2.13 bits per heavy atom. The summed E-state index contributed by atoms with van der Waals surface area (Å²) in [7, 11) is 0. The van der Waals surface area contributed by atoms with Crippen LogP contribution in [0.4, 0.5) is 10.6 Å². The van der Waals surface area contributed by atoms with Gasteiger partial charge in [0.25, 0.3) is 0 Å². The van der Waals surface area contributed by atoms with E-state index in [1.54, 1.807) is 13.0 Å². The number of aryl methyl sites for hydroxylation is 1. The van der Waals surface area contributed by atoms with Gasteiger partial charge < -0.3 is 14.9 Å². The molecule has 1 aromatic heterocycles. The lowest BCUT2D eigenvalue weighted by molar-refractivity contribution is 0.00969. The third-order valence-electron chi connectivity index (χ3n) is 4.55. The van der Waals surface area contributed by atoms with E-state index in [1.165, 1.54) is 0 Å². The molecule has 1 aromatic carbocycles. The molecule has 2 amide bonds. The van der Waals surface area contributed by atoms with E-state index in [1.807, 2.05) is 30.3 Å². The Balaban J connectivity index is 1.77. The lowest BCUT2D eigenvalue weighted by Gasteiger charge is -2.46. The van der Waals surface area contributed by atoms with Crippen molar-refractivity contribution in [3.8, 4) is 0 Å². The van der Waals surface area contributed by atoms with Crippen LogP contribution < -0.4 is 10.6 Å². The highest BCUT2D eigenvalue weighted by molar-refractivity contribution is 5.88. The van der Waals surface area contributed by atoms with E-state index in [0.717, 1.165) is 24.8 Å². The molecule has 3 N–H and O–H groups in total. The predicted octanol–water partition coefficient (Wildman–Crippen LogP) is 3.01. The van der Waals surface area contributed by atoms with Crippen molar-refractivity contribution in [2.75, 3.05) is 11.9 Å². The van der Waals surface area contributed by atoms with Crippen LogP contribution in [0.3, 0.4) is 0 Å². The van der Waals surface area contributed by atoms with E-state index >= 15 is 0 Å². The number of rotatable bonds is 5. The summed E-state index contributed by atoms with van der Waals surface area (Å²) in [6.07, 6.45) is 2.86. The molecule has 2 aromatic rings. The molecule has 6 nitrogen and oxygen atoms in total. The first-order valence-electron chi connectivity index (χ1n) is 7.80. The second kappa shape index (κ2) is 6.42. The lowest BCUT2D eigenvalue weighted by Crippen LogP contribution is -2.48. The minimum absolute atomic E-state index is 0.0515. The van der Waals surface area contributed by atoms with Gasteiger partial charge in [-0.05, 0) is 25.3 Å². The average molecular weight is 315 g/mol. The molecule has 0 saturated heterocycles. The Labute approximate surface area is 134 Å². The number of carbonyl (C=O) groups is 1. The molecule has 0 radical (unpaired) electrons. The lowest BCUT2D eigenvalue weighted by atomic mass is 9.63. The number of urea groups is 1. The van der Waals surface area contributed by atoms with Crippen LogP contribution in [0.1, 0.15) is 36.6 Å². The van der Waals surface area contributed by atoms with Crippen molar-refractivity contribution >= 4 is 11.8 Å². The van der Waals surface area contributed by atoms with Crippen LogP contribution in [0.5, 0.6) is 0 Å². The minimum Gasteiger partial charge on any atom is -0.396 e. The SMILES string of the molecule is Cc1cc(NC(=O)NC(c2ccccc2)C2(CO)CCC2)no1. The molecule has 0 bridgehead atoms. The molecule has 1 fully saturated rings. The molecule has 1 saturated carbocycles. The fourth-order valence-electron chi connectivity index (χ4n) is 3.11. The highest BCUT2D eigenvalue weighted by Gasteiger charge is 2.45. The Hall–Kier alpha value is -2.34. The molecule has 6 heteroatoms. The standard InChI is InChI=1S/C17H21N3O3/c1-12-10-14(20-23-12)18-16(22)19-15(13-6-3-2-4-7-13)17(11-21)8-5-9-17/h2-4,6-7,10,15,21H,5,8-9,11H2,1H3,(H2,18,19,20,22). The smallest absolute Gasteiger partial charge is 0.320 e. The van der Waals surface area contributed by atoms with Crippen molar-refractivity contribution in [2.24, 2.45) is 5.41 Å². The maximum atomic E-state index is 12.3.